The van der Waals surface area contributed by atoms with Gasteiger partial charge in [0.1, 0.15) is 0 Å². The Balaban J connectivity index is 0.985. The van der Waals surface area contributed by atoms with E-state index in [1.54, 1.807) is 5.56 Å². The summed E-state index contributed by atoms with van der Waals surface area (Å²) in [5, 5.41) is 0. The monoisotopic (exact) mass is 930 g/mol. The van der Waals surface area contributed by atoms with Gasteiger partial charge in [-0.25, -0.2) is 0 Å². The Kier molecular flexibility index (Phi) is 10.3. The highest BCUT2D eigenvalue weighted by atomic mass is 15.2. The fraction of sp³-hybridized carbons (Fsp3) is 0.229. The average Bonchev–Trinajstić information content (AvgIpc) is 4.14. The predicted octanol–water partition coefficient (Wildman–Crippen LogP) is 18.7. The summed E-state index contributed by atoms with van der Waals surface area (Å²) in [6.07, 6.45) is 11.3. The van der Waals surface area contributed by atoms with Gasteiger partial charge in [-0.15, -0.1) is 0 Å². The zero-order chi connectivity index (χ0) is 48.0. The summed E-state index contributed by atoms with van der Waals surface area (Å²) in [4.78, 5) is 5.29. The van der Waals surface area contributed by atoms with Crippen LogP contribution in [0.1, 0.15) is 104 Å². The van der Waals surface area contributed by atoms with Crippen LogP contribution in [0, 0.1) is 11.8 Å². The smallest absolute Gasteiger partial charge is 0.0540 e. The van der Waals surface area contributed by atoms with Crippen LogP contribution in [-0.4, -0.2) is 0 Å². The lowest BCUT2D eigenvalue weighted by atomic mass is 9.68. The van der Waals surface area contributed by atoms with Crippen LogP contribution in [0.4, 0.5) is 34.1 Å². The van der Waals surface area contributed by atoms with Gasteiger partial charge in [-0.1, -0.05) is 191 Å². The number of hydrogen-bond donors (Lipinski definition) is 0. The summed E-state index contributed by atoms with van der Waals surface area (Å²) >= 11 is 0. The second kappa shape index (κ2) is 17.1. The second-order valence-electron chi connectivity index (χ2n) is 22.1. The maximum atomic E-state index is 2.65. The zero-order valence-electron chi connectivity index (χ0n) is 41.7. The minimum Gasteiger partial charge on any atom is -0.310 e. The van der Waals surface area contributed by atoms with E-state index in [-0.39, 0.29) is 10.8 Å². The van der Waals surface area contributed by atoms with Crippen LogP contribution < -0.4 is 9.80 Å². The standard InChI is InChI=1S/C70H62N2/c1-69(2)61-33-17-15-32-59(61)66-60(49-23-9-4-10-24-49)45-57(46-62(66)69)71(55-27-11-5-12-28-55)64-35-19-25-51-43-53-41-42-54-44-52-26-20-36-65(68(52)70(53,54)67(51)64)72(56-29-13-6-14-30-56)63-34-18-16-31-58(63)50-39-37-48(38-40-50)47-21-7-3-8-22-47/h4-6,9-20,23-40,45-47,53-54H,3,7-8,21-22,41-44H2,1-2H3. The van der Waals surface area contributed by atoms with Crippen LogP contribution in [0.5, 0.6) is 0 Å². The molecule has 0 bridgehead atoms. The summed E-state index contributed by atoms with van der Waals surface area (Å²) < 4.78 is 0. The molecule has 2 heteroatoms. The summed E-state index contributed by atoms with van der Waals surface area (Å²) in [6.45, 7) is 4.85. The molecule has 72 heavy (non-hydrogen) atoms. The van der Waals surface area contributed by atoms with Gasteiger partial charge in [-0.05, 0) is 178 Å². The molecule has 9 aromatic rings. The van der Waals surface area contributed by atoms with Gasteiger partial charge in [0.25, 0.3) is 0 Å². The molecule has 14 rings (SSSR count). The zero-order valence-corrected chi connectivity index (χ0v) is 41.7. The Morgan fingerprint density at radius 1 is 0.389 bits per heavy atom. The number of nitrogens with zero attached hydrogens (tertiary/aromatic N) is 2. The number of benzene rings is 9. The van der Waals surface area contributed by atoms with Crippen LogP contribution >= 0.6 is 0 Å². The van der Waals surface area contributed by atoms with Crippen molar-refractivity contribution in [2.45, 2.75) is 88.4 Å². The molecule has 0 aromatic heterocycles. The normalized spacial score (nSPS) is 20.0. The van der Waals surface area contributed by atoms with Gasteiger partial charge in [0, 0.05) is 33.5 Å². The van der Waals surface area contributed by atoms with Crippen molar-refractivity contribution >= 4 is 34.1 Å². The SMILES string of the molecule is CC1(C)c2ccccc2-c2c(-c3ccccc3)cc(N(c3ccccc3)c3cccc4c3C35c6c(cccc6N(c6ccccc6)c6ccccc6-c6ccc(C7CCCCC7)cc6)CC3CCC5C4)cc21. The molecule has 0 aliphatic heterocycles. The number of para-hydroxylation sites is 3. The summed E-state index contributed by atoms with van der Waals surface area (Å²) in [5.41, 5.74) is 25.3. The molecule has 0 heterocycles. The molecule has 9 aromatic carbocycles. The van der Waals surface area contributed by atoms with Gasteiger partial charge in [0.2, 0.25) is 0 Å². The van der Waals surface area contributed by atoms with Crippen molar-refractivity contribution in [3.05, 3.63) is 251 Å². The van der Waals surface area contributed by atoms with E-state index < -0.39 is 0 Å². The largest absolute Gasteiger partial charge is 0.310 e. The van der Waals surface area contributed by atoms with E-state index >= 15 is 0 Å². The van der Waals surface area contributed by atoms with Crippen molar-refractivity contribution in [3.63, 3.8) is 0 Å². The van der Waals surface area contributed by atoms with Crippen LogP contribution in [0.25, 0.3) is 33.4 Å². The molecule has 5 aliphatic rings. The molecule has 352 valence electrons. The maximum Gasteiger partial charge on any atom is 0.0540 e. The molecule has 0 saturated heterocycles. The van der Waals surface area contributed by atoms with Crippen molar-refractivity contribution < 1.29 is 0 Å². The number of fused-ring (bicyclic) bond motifs is 5. The average molecular weight is 931 g/mol. The van der Waals surface area contributed by atoms with Crippen molar-refractivity contribution in [1.29, 1.82) is 0 Å². The van der Waals surface area contributed by atoms with E-state index in [4.69, 9.17) is 0 Å². The fourth-order valence-corrected chi connectivity index (χ4v) is 15.1. The van der Waals surface area contributed by atoms with Gasteiger partial charge >= 0.3 is 0 Å². The third kappa shape index (κ3) is 6.60. The Morgan fingerprint density at radius 2 is 0.917 bits per heavy atom. The van der Waals surface area contributed by atoms with E-state index in [1.807, 2.05) is 0 Å². The summed E-state index contributed by atoms with van der Waals surface area (Å²) in [6, 6.07) is 81.3. The molecule has 0 amide bonds. The van der Waals surface area contributed by atoms with Gasteiger partial charge in [0.15, 0.2) is 0 Å². The number of anilines is 6. The third-order valence-corrected chi connectivity index (χ3v) is 18.1. The minimum atomic E-state index is -0.180. The minimum absolute atomic E-state index is 0.178. The fourth-order valence-electron chi connectivity index (χ4n) is 15.1. The van der Waals surface area contributed by atoms with E-state index in [9.17, 15) is 0 Å². The Bertz CT molecular complexity index is 3490. The van der Waals surface area contributed by atoms with Crippen LogP contribution in [0.3, 0.4) is 0 Å². The Morgan fingerprint density at radius 3 is 1.57 bits per heavy atom. The van der Waals surface area contributed by atoms with Gasteiger partial charge < -0.3 is 9.80 Å². The molecular weight excluding hydrogens is 869 g/mol. The number of rotatable bonds is 9. The third-order valence-electron chi connectivity index (χ3n) is 18.1. The van der Waals surface area contributed by atoms with E-state index in [2.05, 4.69) is 236 Å². The van der Waals surface area contributed by atoms with Gasteiger partial charge in [-0.3, -0.25) is 0 Å². The quantitative estimate of drug-likeness (QED) is 0.142. The number of hydrogen-bond acceptors (Lipinski definition) is 2. The van der Waals surface area contributed by atoms with Crippen molar-refractivity contribution in [3.8, 4) is 33.4 Å². The highest BCUT2D eigenvalue weighted by molar-refractivity contribution is 5.97. The van der Waals surface area contributed by atoms with E-state index in [0.29, 0.717) is 17.8 Å². The Labute approximate surface area is 426 Å². The highest BCUT2D eigenvalue weighted by Crippen LogP contribution is 2.69. The molecule has 1 spiro atoms. The molecule has 3 unspecified atom stereocenters. The molecule has 2 fully saturated rings. The molecule has 3 atom stereocenters. The molecule has 5 aliphatic carbocycles. The molecular formula is C70H62N2. The molecule has 2 saturated carbocycles. The Hall–Kier alpha value is -7.42. The van der Waals surface area contributed by atoms with Crippen molar-refractivity contribution in [1.82, 2.24) is 0 Å². The van der Waals surface area contributed by atoms with E-state index in [0.717, 1.165) is 12.8 Å². The summed E-state index contributed by atoms with van der Waals surface area (Å²) in [7, 11) is 0. The highest BCUT2D eigenvalue weighted by Gasteiger charge is 2.62. The lowest BCUT2D eigenvalue weighted by Gasteiger charge is -2.40. The lowest BCUT2D eigenvalue weighted by Crippen LogP contribution is -2.34. The lowest BCUT2D eigenvalue weighted by molar-refractivity contribution is 0.350. The first-order valence-electron chi connectivity index (χ1n) is 27.0. The maximum absolute atomic E-state index is 2.65. The first-order chi connectivity index (χ1) is 35.5. The van der Waals surface area contributed by atoms with Crippen molar-refractivity contribution in [2.24, 2.45) is 11.8 Å². The van der Waals surface area contributed by atoms with Gasteiger partial charge in [0.05, 0.1) is 17.1 Å². The van der Waals surface area contributed by atoms with Crippen LogP contribution in [0.15, 0.2) is 212 Å². The van der Waals surface area contributed by atoms with Gasteiger partial charge in [-0.2, -0.15) is 0 Å². The van der Waals surface area contributed by atoms with E-state index in [1.165, 1.54) is 146 Å². The second-order valence-corrected chi connectivity index (χ2v) is 22.1. The first kappa shape index (κ1) is 43.4. The molecule has 2 nitrogen and oxygen atoms in total. The molecule has 0 N–H and O–H groups in total. The summed E-state index contributed by atoms with van der Waals surface area (Å²) in [5.74, 6) is 1.66. The van der Waals surface area contributed by atoms with Crippen molar-refractivity contribution in [2.75, 3.05) is 9.80 Å². The van der Waals surface area contributed by atoms with Crippen LogP contribution in [0.2, 0.25) is 0 Å². The molecule has 0 radical (unpaired) electrons. The first-order valence-corrected chi connectivity index (χ1v) is 27.0. The predicted molar refractivity (Wildman–Crippen MR) is 301 cm³/mol. The topological polar surface area (TPSA) is 6.48 Å². The van der Waals surface area contributed by atoms with Crippen LogP contribution in [-0.2, 0) is 23.7 Å².